The number of ether oxygens (including phenoxy) is 2. The first-order chi connectivity index (χ1) is 16.6. The average Bonchev–Trinajstić information content (AvgIpc) is 3.11. The van der Waals surface area contributed by atoms with Gasteiger partial charge in [-0.2, -0.15) is 0 Å². The molecule has 4 saturated carbocycles. The smallest absolute Gasteiger partial charge is 0.186 e. The lowest BCUT2D eigenvalue weighted by Crippen LogP contribution is -2.75. The van der Waals surface area contributed by atoms with Crippen molar-refractivity contribution in [2.45, 2.75) is 118 Å². The summed E-state index contributed by atoms with van der Waals surface area (Å²) in [5.74, 6) is -1.03. The molecule has 200 valence electrons. The number of epoxide rings is 1. The molecular formula is C28H39ClO7. The molecule has 0 radical (unpaired) electrons. The van der Waals surface area contributed by atoms with Gasteiger partial charge in [0.25, 0.3) is 0 Å². The molecule has 4 N–H and O–H groups in total. The van der Waals surface area contributed by atoms with Crippen molar-refractivity contribution in [1.82, 2.24) is 0 Å². The molecule has 8 heteroatoms. The van der Waals surface area contributed by atoms with E-state index >= 15 is 0 Å². The summed E-state index contributed by atoms with van der Waals surface area (Å²) >= 11 is 7.09. The summed E-state index contributed by atoms with van der Waals surface area (Å²) in [7, 11) is 0. The highest BCUT2D eigenvalue weighted by Crippen LogP contribution is 2.77. The Balaban J connectivity index is 1.26. The lowest BCUT2D eigenvalue weighted by Gasteiger charge is -2.68. The maximum atomic E-state index is 13.4. The van der Waals surface area contributed by atoms with Gasteiger partial charge in [0.1, 0.15) is 11.2 Å². The van der Waals surface area contributed by atoms with Crippen molar-refractivity contribution in [2.75, 3.05) is 0 Å². The molecule has 0 aromatic carbocycles. The highest BCUT2D eigenvalue weighted by molar-refractivity contribution is 6.28. The number of aliphatic hydroxyl groups excluding tert-OH is 2. The van der Waals surface area contributed by atoms with Gasteiger partial charge in [-0.05, 0) is 76.2 Å². The Kier molecular flexibility index (Phi) is 4.49. The number of carbonyl (C=O) groups is 1. The molecule has 0 spiro atoms. The zero-order chi connectivity index (χ0) is 25.9. The minimum atomic E-state index is -1.23. The van der Waals surface area contributed by atoms with Crippen LogP contribution < -0.4 is 0 Å². The minimum absolute atomic E-state index is 0.0743. The quantitative estimate of drug-likeness (QED) is 0.308. The van der Waals surface area contributed by atoms with E-state index in [9.17, 15) is 25.2 Å². The zero-order valence-electron chi connectivity index (χ0n) is 21.5. The minimum Gasteiger partial charge on any atom is -0.391 e. The molecule has 0 aromatic rings. The molecule has 7 rings (SSSR count). The SMILES string of the molecule is C[C@]12CC[C@H]3[C@@H](C[C@@H](O)[C@@]4(Cl)CC=CC(=O)[C@]34C)[C@]1(O)[C@H]1C[C@H]([C@H]3C[C@]4(C)O[C@]4(C)[C@H](O)O3)[C@]2(O)C1. The van der Waals surface area contributed by atoms with Crippen LogP contribution in [0, 0.1) is 34.5 Å². The Morgan fingerprint density at radius 1 is 1.03 bits per heavy atom. The van der Waals surface area contributed by atoms with Crippen molar-refractivity contribution in [3.63, 3.8) is 0 Å². The monoisotopic (exact) mass is 522 g/mol. The third-order valence-corrected chi connectivity index (χ3v) is 14.0. The fourth-order valence-electron chi connectivity index (χ4n) is 10.7. The van der Waals surface area contributed by atoms with Crippen LogP contribution >= 0.6 is 11.6 Å². The highest BCUT2D eigenvalue weighted by Gasteiger charge is 2.83. The molecular weight excluding hydrogens is 484 g/mol. The van der Waals surface area contributed by atoms with Crippen LogP contribution in [-0.2, 0) is 14.3 Å². The molecule has 0 amide bonds. The number of halogens is 1. The van der Waals surface area contributed by atoms with Gasteiger partial charge in [-0.1, -0.05) is 19.9 Å². The number of ketones is 1. The van der Waals surface area contributed by atoms with Crippen LogP contribution in [0.5, 0.6) is 0 Å². The molecule has 7 nitrogen and oxygen atoms in total. The van der Waals surface area contributed by atoms with E-state index < -0.39 is 50.5 Å². The van der Waals surface area contributed by atoms with Gasteiger partial charge in [-0.3, -0.25) is 4.79 Å². The van der Waals surface area contributed by atoms with Gasteiger partial charge >= 0.3 is 0 Å². The van der Waals surface area contributed by atoms with Crippen LogP contribution in [0.1, 0.15) is 72.6 Å². The summed E-state index contributed by atoms with van der Waals surface area (Å²) in [4.78, 5) is 12.3. The topological polar surface area (TPSA) is 120 Å². The van der Waals surface area contributed by atoms with Gasteiger partial charge < -0.3 is 29.9 Å². The Morgan fingerprint density at radius 3 is 2.44 bits per heavy atom. The van der Waals surface area contributed by atoms with Crippen LogP contribution in [0.2, 0.25) is 0 Å². The first-order valence-electron chi connectivity index (χ1n) is 13.7. The maximum absolute atomic E-state index is 13.4. The molecule has 36 heavy (non-hydrogen) atoms. The third-order valence-electron chi connectivity index (χ3n) is 13.2. The second-order valence-corrected chi connectivity index (χ2v) is 14.7. The van der Waals surface area contributed by atoms with Crippen molar-refractivity contribution >= 4 is 17.4 Å². The molecule has 5 aliphatic carbocycles. The van der Waals surface area contributed by atoms with Crippen LogP contribution in [0.3, 0.4) is 0 Å². The van der Waals surface area contributed by atoms with E-state index in [2.05, 4.69) is 0 Å². The molecule has 2 heterocycles. The van der Waals surface area contributed by atoms with E-state index in [1.54, 1.807) is 12.2 Å². The molecule has 0 aromatic heterocycles. The van der Waals surface area contributed by atoms with Crippen LogP contribution in [0.25, 0.3) is 0 Å². The summed E-state index contributed by atoms with van der Waals surface area (Å²) in [6.45, 7) is 7.73. The van der Waals surface area contributed by atoms with Crippen LogP contribution in [0.4, 0.5) is 0 Å². The van der Waals surface area contributed by atoms with Gasteiger partial charge in [0.05, 0.1) is 33.7 Å². The summed E-state index contributed by atoms with van der Waals surface area (Å²) in [5.41, 5.74) is -5.42. The average molecular weight is 523 g/mol. The maximum Gasteiger partial charge on any atom is 0.186 e. The number of alkyl halides is 1. The fraction of sp³-hybridized carbons (Fsp3) is 0.893. The standard InChI is InChI=1S/C28H39ClO7/c1-22-9-7-15-16(11-20(31)26(29)8-5-6-19(30)24(15,26)3)28(22,34)14-10-17(27(22,33)12-14)18-13-23(2)25(4,36-23)21(32)35-18/h5-6,14-18,20-21,31-34H,7-13H2,1-4H3/t14-,15-,16+,17+,18+,20+,21+,22+,23-,24-,25+,26-,27+,28+/m0/s1. The third kappa shape index (κ3) is 2.28. The lowest BCUT2D eigenvalue weighted by atomic mass is 9.40. The Morgan fingerprint density at radius 2 is 1.75 bits per heavy atom. The van der Waals surface area contributed by atoms with Gasteiger partial charge in [0, 0.05) is 17.8 Å². The van der Waals surface area contributed by atoms with Gasteiger partial charge in [0.15, 0.2) is 12.1 Å². The van der Waals surface area contributed by atoms with Crippen molar-refractivity contribution in [3.05, 3.63) is 12.2 Å². The highest BCUT2D eigenvalue weighted by atomic mass is 35.5. The predicted octanol–water partition coefficient (Wildman–Crippen LogP) is 2.45. The van der Waals surface area contributed by atoms with Crippen LogP contribution in [-0.4, -0.2) is 72.0 Å². The van der Waals surface area contributed by atoms with Crippen molar-refractivity contribution in [1.29, 1.82) is 0 Å². The molecule has 6 fully saturated rings. The van der Waals surface area contributed by atoms with E-state index in [1.807, 2.05) is 27.7 Å². The second kappa shape index (κ2) is 6.60. The Hall–Kier alpha value is -0.540. The molecule has 0 unspecified atom stereocenters. The van der Waals surface area contributed by atoms with Crippen molar-refractivity contribution in [2.24, 2.45) is 34.5 Å². The first kappa shape index (κ1) is 24.5. The van der Waals surface area contributed by atoms with E-state index in [0.717, 1.165) is 0 Å². The summed E-state index contributed by atoms with van der Waals surface area (Å²) in [6, 6.07) is 0. The largest absolute Gasteiger partial charge is 0.391 e. The number of allylic oxidation sites excluding steroid dienone is 2. The van der Waals surface area contributed by atoms with E-state index in [-0.39, 0.29) is 35.6 Å². The Bertz CT molecular complexity index is 1080. The molecule has 2 saturated heterocycles. The van der Waals surface area contributed by atoms with Crippen molar-refractivity contribution in [3.8, 4) is 0 Å². The van der Waals surface area contributed by atoms with Gasteiger partial charge in [0.2, 0.25) is 0 Å². The zero-order valence-corrected chi connectivity index (χ0v) is 22.3. The van der Waals surface area contributed by atoms with E-state index in [4.69, 9.17) is 21.1 Å². The van der Waals surface area contributed by atoms with Gasteiger partial charge in [-0.15, -0.1) is 11.6 Å². The fourth-order valence-corrected chi connectivity index (χ4v) is 11.2. The molecule has 2 bridgehead atoms. The van der Waals surface area contributed by atoms with Crippen LogP contribution in [0.15, 0.2) is 12.2 Å². The predicted molar refractivity (Wildman–Crippen MR) is 130 cm³/mol. The second-order valence-electron chi connectivity index (χ2n) is 14.0. The number of hydrogen-bond donors (Lipinski definition) is 4. The number of carbonyl (C=O) groups excluding carboxylic acids is 1. The molecule has 14 atom stereocenters. The summed E-state index contributed by atoms with van der Waals surface area (Å²) in [6.07, 6.45) is 4.56. The van der Waals surface area contributed by atoms with Gasteiger partial charge in [-0.25, -0.2) is 0 Å². The number of hydrogen-bond acceptors (Lipinski definition) is 7. The number of aliphatic hydroxyl groups is 4. The first-order valence-corrected chi connectivity index (χ1v) is 14.1. The summed E-state index contributed by atoms with van der Waals surface area (Å²) < 4.78 is 12.0. The van der Waals surface area contributed by atoms with E-state index in [0.29, 0.717) is 44.9 Å². The molecule has 7 aliphatic rings. The molecule has 2 aliphatic heterocycles. The number of rotatable bonds is 1. The summed E-state index contributed by atoms with van der Waals surface area (Å²) in [5, 5.41) is 47.2. The van der Waals surface area contributed by atoms with E-state index in [1.165, 1.54) is 0 Å². The van der Waals surface area contributed by atoms with Crippen molar-refractivity contribution < 1.29 is 34.7 Å². The normalized spacial score (nSPS) is 67.0. The number of fused-ring (bicyclic) bond motifs is 10. The lowest BCUT2D eigenvalue weighted by molar-refractivity contribution is -0.290. The Labute approximate surface area is 217 Å².